The van der Waals surface area contributed by atoms with E-state index in [-0.39, 0.29) is 0 Å². The summed E-state index contributed by atoms with van der Waals surface area (Å²) in [6.45, 7) is 0. The van der Waals surface area contributed by atoms with Crippen molar-refractivity contribution in [3.8, 4) is 0 Å². The quantitative estimate of drug-likeness (QED) is 0.492. The summed E-state index contributed by atoms with van der Waals surface area (Å²) in [7, 11) is 0. The number of thiophene rings is 1. The molecule has 0 saturated heterocycles. The minimum atomic E-state index is 0.952. The van der Waals surface area contributed by atoms with Gasteiger partial charge in [0.25, 0.3) is 0 Å². The number of rotatable bonds is 4. The Hall–Kier alpha value is -1.91. The summed E-state index contributed by atoms with van der Waals surface area (Å²) in [6, 6.07) is 22.3. The molecule has 4 heteroatoms. The van der Waals surface area contributed by atoms with E-state index in [1.807, 2.05) is 48.5 Å². The van der Waals surface area contributed by atoms with Crippen LogP contribution < -0.4 is 5.43 Å². The van der Waals surface area contributed by atoms with Crippen molar-refractivity contribution in [3.63, 3.8) is 0 Å². The lowest BCUT2D eigenvalue weighted by atomic mass is 10.1. The highest BCUT2D eigenvalue weighted by molar-refractivity contribution is 9.10. The lowest BCUT2D eigenvalue weighted by molar-refractivity contribution is 1.33. The highest BCUT2D eigenvalue weighted by Gasteiger charge is 2.07. The average Bonchev–Trinajstić information content (AvgIpc) is 3.05. The molecule has 21 heavy (non-hydrogen) atoms. The SMILES string of the molecule is Brc1ccc(N/N=C(/c2ccccc2)c2cccs2)cc1. The van der Waals surface area contributed by atoms with E-state index in [2.05, 4.69) is 50.0 Å². The topological polar surface area (TPSA) is 24.4 Å². The van der Waals surface area contributed by atoms with Gasteiger partial charge in [-0.2, -0.15) is 5.10 Å². The number of halogens is 1. The molecule has 1 heterocycles. The number of hydrogen-bond acceptors (Lipinski definition) is 3. The second-order valence-corrected chi connectivity index (χ2v) is 6.29. The van der Waals surface area contributed by atoms with Crippen LogP contribution in [0.25, 0.3) is 0 Å². The Bertz CT molecular complexity index is 719. The molecule has 2 aromatic carbocycles. The summed E-state index contributed by atoms with van der Waals surface area (Å²) in [5.41, 5.74) is 6.15. The molecule has 0 saturated carbocycles. The van der Waals surface area contributed by atoms with Gasteiger partial charge in [-0.15, -0.1) is 11.3 Å². The molecule has 0 amide bonds. The molecular formula is C17H13BrN2S. The minimum absolute atomic E-state index is 0.952. The van der Waals surface area contributed by atoms with Crippen LogP contribution in [0.2, 0.25) is 0 Å². The maximum absolute atomic E-state index is 4.60. The van der Waals surface area contributed by atoms with E-state index in [4.69, 9.17) is 0 Å². The zero-order valence-electron chi connectivity index (χ0n) is 11.2. The molecule has 0 aliphatic rings. The number of hydrogen-bond donors (Lipinski definition) is 1. The summed E-state index contributed by atoms with van der Waals surface area (Å²) < 4.78 is 1.05. The predicted molar refractivity (Wildman–Crippen MR) is 94.2 cm³/mol. The Balaban J connectivity index is 1.92. The number of nitrogens with zero attached hydrogens (tertiary/aromatic N) is 1. The van der Waals surface area contributed by atoms with E-state index >= 15 is 0 Å². The van der Waals surface area contributed by atoms with Gasteiger partial charge in [0.15, 0.2) is 0 Å². The van der Waals surface area contributed by atoms with Gasteiger partial charge in [0.1, 0.15) is 5.71 Å². The monoisotopic (exact) mass is 356 g/mol. The predicted octanol–water partition coefficient (Wildman–Crippen LogP) is 5.38. The van der Waals surface area contributed by atoms with Gasteiger partial charge in [0.2, 0.25) is 0 Å². The van der Waals surface area contributed by atoms with Crippen molar-refractivity contribution in [1.82, 2.24) is 0 Å². The van der Waals surface area contributed by atoms with Crippen molar-refractivity contribution in [2.75, 3.05) is 5.43 Å². The van der Waals surface area contributed by atoms with Gasteiger partial charge in [0.05, 0.1) is 10.6 Å². The summed E-state index contributed by atoms with van der Waals surface area (Å²) in [4.78, 5) is 1.14. The Labute approximate surface area is 136 Å². The zero-order chi connectivity index (χ0) is 14.5. The molecule has 1 aromatic heterocycles. The Kier molecular flexibility index (Phi) is 4.48. The third kappa shape index (κ3) is 3.60. The van der Waals surface area contributed by atoms with Crippen LogP contribution in [-0.2, 0) is 0 Å². The summed E-state index contributed by atoms with van der Waals surface area (Å²) in [6.07, 6.45) is 0. The second-order valence-electron chi connectivity index (χ2n) is 4.42. The summed E-state index contributed by atoms with van der Waals surface area (Å²) >= 11 is 5.12. The minimum Gasteiger partial charge on any atom is -0.278 e. The van der Waals surface area contributed by atoms with Crippen LogP contribution in [0.4, 0.5) is 5.69 Å². The molecule has 0 atom stereocenters. The van der Waals surface area contributed by atoms with Crippen molar-refractivity contribution in [1.29, 1.82) is 0 Å². The van der Waals surface area contributed by atoms with Crippen LogP contribution in [0.15, 0.2) is 81.7 Å². The molecule has 3 rings (SSSR count). The molecule has 104 valence electrons. The first-order chi connectivity index (χ1) is 10.3. The van der Waals surface area contributed by atoms with Crippen LogP contribution in [0.3, 0.4) is 0 Å². The number of hydrazone groups is 1. The van der Waals surface area contributed by atoms with E-state index in [0.29, 0.717) is 0 Å². The maximum atomic E-state index is 4.60. The van der Waals surface area contributed by atoms with Crippen molar-refractivity contribution >= 4 is 38.7 Å². The Morgan fingerprint density at radius 3 is 2.33 bits per heavy atom. The molecule has 0 unspecified atom stereocenters. The fourth-order valence-corrected chi connectivity index (χ4v) is 2.92. The van der Waals surface area contributed by atoms with E-state index in [0.717, 1.165) is 26.3 Å². The van der Waals surface area contributed by atoms with Crippen LogP contribution in [0, 0.1) is 0 Å². The molecule has 0 bridgehead atoms. The summed E-state index contributed by atoms with van der Waals surface area (Å²) in [5.74, 6) is 0. The van der Waals surface area contributed by atoms with Crippen LogP contribution in [0.5, 0.6) is 0 Å². The summed E-state index contributed by atoms with van der Waals surface area (Å²) in [5, 5.41) is 6.66. The lowest BCUT2D eigenvalue weighted by Gasteiger charge is -2.06. The third-order valence-electron chi connectivity index (χ3n) is 2.94. The van der Waals surface area contributed by atoms with Crippen molar-refractivity contribution in [2.45, 2.75) is 0 Å². The van der Waals surface area contributed by atoms with Gasteiger partial charge in [-0.25, -0.2) is 0 Å². The van der Waals surface area contributed by atoms with Gasteiger partial charge >= 0.3 is 0 Å². The highest BCUT2D eigenvalue weighted by Crippen LogP contribution is 2.18. The van der Waals surface area contributed by atoms with Gasteiger partial charge in [-0.1, -0.05) is 52.3 Å². The molecule has 0 aliphatic heterocycles. The normalized spacial score (nSPS) is 11.4. The molecule has 0 radical (unpaired) electrons. The zero-order valence-corrected chi connectivity index (χ0v) is 13.6. The van der Waals surface area contributed by atoms with Crippen LogP contribution >= 0.6 is 27.3 Å². The number of nitrogens with one attached hydrogen (secondary N) is 1. The molecule has 0 aliphatic carbocycles. The highest BCUT2D eigenvalue weighted by atomic mass is 79.9. The fraction of sp³-hybridized carbons (Fsp3) is 0. The molecular weight excluding hydrogens is 344 g/mol. The Morgan fingerprint density at radius 2 is 1.67 bits per heavy atom. The van der Waals surface area contributed by atoms with Gasteiger partial charge < -0.3 is 0 Å². The van der Waals surface area contributed by atoms with Crippen molar-refractivity contribution < 1.29 is 0 Å². The standard InChI is InChI=1S/C17H13BrN2S/c18-14-8-10-15(11-9-14)19-20-17(16-7-4-12-21-16)13-5-2-1-3-6-13/h1-12,19H/b20-17-. The first-order valence-electron chi connectivity index (χ1n) is 6.51. The van der Waals surface area contributed by atoms with E-state index in [1.165, 1.54) is 0 Å². The average molecular weight is 357 g/mol. The lowest BCUT2D eigenvalue weighted by Crippen LogP contribution is -2.04. The molecule has 0 spiro atoms. The van der Waals surface area contributed by atoms with Crippen LogP contribution in [0.1, 0.15) is 10.4 Å². The smallest absolute Gasteiger partial charge is 0.108 e. The van der Waals surface area contributed by atoms with E-state index < -0.39 is 0 Å². The fourth-order valence-electron chi connectivity index (χ4n) is 1.92. The van der Waals surface area contributed by atoms with Gasteiger partial charge in [-0.05, 0) is 35.7 Å². The Morgan fingerprint density at radius 1 is 0.905 bits per heavy atom. The van der Waals surface area contributed by atoms with Gasteiger partial charge in [-0.3, -0.25) is 5.43 Å². The largest absolute Gasteiger partial charge is 0.278 e. The van der Waals surface area contributed by atoms with Gasteiger partial charge in [0, 0.05) is 10.0 Å². The maximum Gasteiger partial charge on any atom is 0.108 e. The second kappa shape index (κ2) is 6.70. The molecule has 3 aromatic rings. The van der Waals surface area contributed by atoms with Crippen molar-refractivity contribution in [3.05, 3.63) is 87.0 Å². The van der Waals surface area contributed by atoms with E-state index in [9.17, 15) is 0 Å². The number of benzene rings is 2. The number of anilines is 1. The molecule has 1 N–H and O–H groups in total. The van der Waals surface area contributed by atoms with Crippen LogP contribution in [-0.4, -0.2) is 5.71 Å². The molecule has 2 nitrogen and oxygen atoms in total. The molecule has 0 fully saturated rings. The first kappa shape index (κ1) is 14.0. The first-order valence-corrected chi connectivity index (χ1v) is 8.19. The van der Waals surface area contributed by atoms with E-state index in [1.54, 1.807) is 11.3 Å². The van der Waals surface area contributed by atoms with Crippen molar-refractivity contribution in [2.24, 2.45) is 5.10 Å². The third-order valence-corrected chi connectivity index (χ3v) is 4.35.